The summed E-state index contributed by atoms with van der Waals surface area (Å²) in [5, 5.41) is 9.01. The summed E-state index contributed by atoms with van der Waals surface area (Å²) in [7, 11) is -3.54. The van der Waals surface area contributed by atoms with Gasteiger partial charge in [0.1, 0.15) is 0 Å². The molecule has 0 amide bonds. The van der Waals surface area contributed by atoms with Crippen LogP contribution in [0.25, 0.3) is 0 Å². The van der Waals surface area contributed by atoms with E-state index < -0.39 is 21.9 Å². The van der Waals surface area contributed by atoms with Gasteiger partial charge in [0.2, 0.25) is 10.0 Å². The lowest BCUT2D eigenvalue weighted by atomic mass is 9.82. The highest BCUT2D eigenvalue weighted by Gasteiger charge is 2.32. The predicted octanol–water partition coefficient (Wildman–Crippen LogP) is 2.86. The van der Waals surface area contributed by atoms with E-state index in [-0.39, 0.29) is 23.4 Å². The first-order valence-electron chi connectivity index (χ1n) is 8.02. The molecule has 1 aromatic rings. The normalized spacial score (nSPS) is 18.0. The Morgan fingerprint density at radius 1 is 1.22 bits per heavy atom. The van der Waals surface area contributed by atoms with Gasteiger partial charge in [-0.2, -0.15) is 4.31 Å². The summed E-state index contributed by atoms with van der Waals surface area (Å²) < 4.78 is 26.7. The Bertz CT molecular complexity index is 656. The highest BCUT2D eigenvalue weighted by molar-refractivity contribution is 7.89. The summed E-state index contributed by atoms with van der Waals surface area (Å²) in [5.74, 6) is -1.28. The second-order valence-corrected chi connectivity index (χ2v) is 8.72. The van der Waals surface area contributed by atoms with Crippen LogP contribution in [-0.2, 0) is 20.2 Å². The van der Waals surface area contributed by atoms with E-state index in [1.807, 2.05) is 12.1 Å². The number of aliphatic carboxylic acids is 1. The minimum absolute atomic E-state index is 0.0160. The Morgan fingerprint density at radius 3 is 2.17 bits per heavy atom. The van der Waals surface area contributed by atoms with Gasteiger partial charge in [0, 0.05) is 13.1 Å². The SMILES string of the molecule is CCC(C)(C)c1ccc(S(=O)(=O)N2CCC(C(=O)O)CC2)cc1. The molecule has 0 bridgehead atoms. The van der Waals surface area contributed by atoms with Crippen LogP contribution in [0.3, 0.4) is 0 Å². The highest BCUT2D eigenvalue weighted by atomic mass is 32.2. The fraction of sp³-hybridized carbons (Fsp3) is 0.588. The van der Waals surface area contributed by atoms with Gasteiger partial charge in [0.25, 0.3) is 0 Å². The van der Waals surface area contributed by atoms with E-state index in [1.54, 1.807) is 12.1 Å². The number of piperidine rings is 1. The molecule has 6 heteroatoms. The van der Waals surface area contributed by atoms with Crippen molar-refractivity contribution >= 4 is 16.0 Å². The van der Waals surface area contributed by atoms with E-state index in [0.29, 0.717) is 12.8 Å². The Hall–Kier alpha value is -1.40. The van der Waals surface area contributed by atoms with E-state index in [2.05, 4.69) is 20.8 Å². The van der Waals surface area contributed by atoms with Crippen molar-refractivity contribution in [3.8, 4) is 0 Å². The molecule has 0 aliphatic carbocycles. The van der Waals surface area contributed by atoms with Crippen molar-refractivity contribution in [1.82, 2.24) is 4.31 Å². The van der Waals surface area contributed by atoms with Crippen LogP contribution < -0.4 is 0 Å². The molecule has 128 valence electrons. The van der Waals surface area contributed by atoms with Gasteiger partial charge >= 0.3 is 5.97 Å². The molecule has 1 aromatic carbocycles. The van der Waals surface area contributed by atoms with Gasteiger partial charge in [-0.15, -0.1) is 0 Å². The van der Waals surface area contributed by atoms with Crippen LogP contribution in [0.5, 0.6) is 0 Å². The van der Waals surface area contributed by atoms with Crippen molar-refractivity contribution in [2.75, 3.05) is 13.1 Å². The monoisotopic (exact) mass is 339 g/mol. The molecule has 1 N–H and O–H groups in total. The zero-order valence-corrected chi connectivity index (χ0v) is 14.8. The first-order valence-corrected chi connectivity index (χ1v) is 9.46. The molecule has 0 spiro atoms. The molecule has 1 aliphatic heterocycles. The number of carboxylic acid groups (broad SMARTS) is 1. The zero-order valence-electron chi connectivity index (χ0n) is 13.9. The molecule has 1 fully saturated rings. The maximum Gasteiger partial charge on any atom is 0.306 e. The summed E-state index contributed by atoms with van der Waals surface area (Å²) in [5.41, 5.74) is 1.13. The molecule has 1 saturated heterocycles. The fourth-order valence-corrected chi connectivity index (χ4v) is 4.24. The standard InChI is InChI=1S/C17H25NO4S/c1-4-17(2,3)14-5-7-15(8-6-14)23(21,22)18-11-9-13(10-12-18)16(19)20/h5-8,13H,4,9-12H2,1-3H3,(H,19,20). The largest absolute Gasteiger partial charge is 0.481 e. The molecular weight excluding hydrogens is 314 g/mol. The minimum Gasteiger partial charge on any atom is -0.481 e. The summed E-state index contributed by atoms with van der Waals surface area (Å²) in [6.45, 7) is 6.90. The van der Waals surface area contributed by atoms with E-state index in [0.717, 1.165) is 12.0 Å². The summed E-state index contributed by atoms with van der Waals surface area (Å²) in [6, 6.07) is 7.07. The van der Waals surface area contributed by atoms with E-state index in [1.165, 1.54) is 4.31 Å². The lowest BCUT2D eigenvalue weighted by molar-refractivity contribution is -0.142. The summed E-state index contributed by atoms with van der Waals surface area (Å²) >= 11 is 0. The number of benzene rings is 1. The lowest BCUT2D eigenvalue weighted by Crippen LogP contribution is -2.40. The van der Waals surface area contributed by atoms with Crippen LogP contribution in [0.1, 0.15) is 45.6 Å². The van der Waals surface area contributed by atoms with Crippen molar-refractivity contribution < 1.29 is 18.3 Å². The first kappa shape index (κ1) is 17.9. The molecule has 1 aliphatic rings. The third-order valence-corrected chi connectivity index (χ3v) is 6.87. The maximum atomic E-state index is 12.7. The quantitative estimate of drug-likeness (QED) is 0.895. The van der Waals surface area contributed by atoms with Gasteiger partial charge in [0.05, 0.1) is 10.8 Å². The lowest BCUT2D eigenvalue weighted by Gasteiger charge is -2.29. The number of hydrogen-bond acceptors (Lipinski definition) is 3. The van der Waals surface area contributed by atoms with E-state index in [9.17, 15) is 13.2 Å². The number of hydrogen-bond donors (Lipinski definition) is 1. The topological polar surface area (TPSA) is 74.7 Å². The molecule has 0 aromatic heterocycles. The first-order chi connectivity index (χ1) is 10.7. The number of carboxylic acids is 1. The maximum absolute atomic E-state index is 12.7. The summed E-state index contributed by atoms with van der Waals surface area (Å²) in [6.07, 6.45) is 1.72. The van der Waals surface area contributed by atoms with Crippen LogP contribution in [0, 0.1) is 5.92 Å². The number of sulfonamides is 1. The number of carbonyl (C=O) groups is 1. The fourth-order valence-electron chi connectivity index (χ4n) is 2.77. The minimum atomic E-state index is -3.54. The number of nitrogens with zero attached hydrogens (tertiary/aromatic N) is 1. The van der Waals surface area contributed by atoms with Gasteiger partial charge in [-0.05, 0) is 42.4 Å². The molecule has 2 rings (SSSR count). The molecule has 5 nitrogen and oxygen atoms in total. The smallest absolute Gasteiger partial charge is 0.306 e. The Morgan fingerprint density at radius 2 is 1.74 bits per heavy atom. The molecule has 1 heterocycles. The van der Waals surface area contributed by atoms with Gasteiger partial charge in [-0.25, -0.2) is 8.42 Å². The zero-order chi connectivity index (χ0) is 17.3. The molecule has 0 unspecified atom stereocenters. The Kier molecular flexibility index (Phi) is 5.16. The summed E-state index contributed by atoms with van der Waals surface area (Å²) in [4.78, 5) is 11.3. The number of rotatable bonds is 5. The van der Waals surface area contributed by atoms with Gasteiger partial charge < -0.3 is 5.11 Å². The van der Waals surface area contributed by atoms with Gasteiger partial charge in [-0.3, -0.25) is 4.79 Å². The second-order valence-electron chi connectivity index (χ2n) is 6.78. The average Bonchev–Trinajstić information content (AvgIpc) is 2.55. The van der Waals surface area contributed by atoms with Crippen LogP contribution >= 0.6 is 0 Å². The third-order valence-electron chi connectivity index (χ3n) is 4.96. The van der Waals surface area contributed by atoms with Crippen molar-refractivity contribution in [2.24, 2.45) is 5.92 Å². The van der Waals surface area contributed by atoms with Crippen molar-refractivity contribution in [3.63, 3.8) is 0 Å². The van der Waals surface area contributed by atoms with Crippen molar-refractivity contribution in [1.29, 1.82) is 0 Å². The van der Waals surface area contributed by atoms with E-state index >= 15 is 0 Å². The molecule has 23 heavy (non-hydrogen) atoms. The van der Waals surface area contributed by atoms with Crippen molar-refractivity contribution in [3.05, 3.63) is 29.8 Å². The van der Waals surface area contributed by atoms with Gasteiger partial charge in [-0.1, -0.05) is 32.9 Å². The average molecular weight is 339 g/mol. The molecule has 0 saturated carbocycles. The van der Waals surface area contributed by atoms with E-state index in [4.69, 9.17) is 5.11 Å². The molecule has 0 radical (unpaired) electrons. The molecular formula is C17H25NO4S. The Labute approximate surface area is 138 Å². The highest BCUT2D eigenvalue weighted by Crippen LogP contribution is 2.29. The predicted molar refractivity (Wildman–Crippen MR) is 88.9 cm³/mol. The van der Waals surface area contributed by atoms with Crippen LogP contribution in [0.2, 0.25) is 0 Å². The second kappa shape index (κ2) is 6.61. The van der Waals surface area contributed by atoms with Gasteiger partial charge in [0.15, 0.2) is 0 Å². The Balaban J connectivity index is 2.16. The molecule has 0 atom stereocenters. The van der Waals surface area contributed by atoms with Crippen molar-refractivity contribution in [2.45, 2.75) is 50.3 Å². The van der Waals surface area contributed by atoms with Crippen LogP contribution in [0.15, 0.2) is 29.2 Å². The third kappa shape index (κ3) is 3.75. The van der Waals surface area contributed by atoms with Crippen LogP contribution in [-0.4, -0.2) is 36.9 Å². The van der Waals surface area contributed by atoms with Crippen LogP contribution in [0.4, 0.5) is 0 Å².